The largest absolute Gasteiger partial charge is 0.586 e. The molecule has 0 radical (unpaired) electrons. The molecule has 3 aromatic rings. The van der Waals surface area contributed by atoms with Crippen LogP contribution >= 0.6 is 11.3 Å². The summed E-state index contributed by atoms with van der Waals surface area (Å²) in [5, 5.41) is 15.2. The quantitative estimate of drug-likeness (QED) is 0.417. The van der Waals surface area contributed by atoms with Crippen molar-refractivity contribution in [3.8, 4) is 23.3 Å². The van der Waals surface area contributed by atoms with Gasteiger partial charge in [-0.25, -0.2) is 4.98 Å². The number of nitrogens with zero attached hydrogens (tertiary/aromatic N) is 3. The molecule has 41 heavy (non-hydrogen) atoms. The van der Waals surface area contributed by atoms with E-state index in [4.69, 9.17) is 19.7 Å². The lowest BCUT2D eigenvalue weighted by Gasteiger charge is -2.52. The fourth-order valence-corrected chi connectivity index (χ4v) is 6.44. The van der Waals surface area contributed by atoms with Crippen molar-refractivity contribution in [2.45, 2.75) is 50.6 Å². The van der Waals surface area contributed by atoms with E-state index in [1.165, 1.54) is 18.4 Å². The standard InChI is InChI=1S/C27H25F2N5O6S/c1-26(2,6-7-30)33-23(35)15-9-19-20(40-27(28,29)39-19)10-17(15)31-24(36)21-18(37-3)5-4-16-22(21)41-25(32-16)34-13-8-14(34)12-38-11-13/h4-5,9-10,13-14H,6,8,11-12H2,1-3H3,(H,31,36)(H,33,35). The third kappa shape index (κ3) is 4.85. The van der Waals surface area contributed by atoms with Crippen LogP contribution in [0.25, 0.3) is 10.2 Å². The summed E-state index contributed by atoms with van der Waals surface area (Å²) >= 11 is 1.34. The minimum atomic E-state index is -3.94. The average Bonchev–Trinajstić information content (AvgIpc) is 3.45. The number of ether oxygens (including phenoxy) is 4. The van der Waals surface area contributed by atoms with Crippen LogP contribution in [-0.4, -0.2) is 61.0 Å². The Morgan fingerprint density at radius 2 is 1.93 bits per heavy atom. The zero-order chi connectivity index (χ0) is 29.1. The molecule has 0 aliphatic carbocycles. The van der Waals surface area contributed by atoms with Gasteiger partial charge < -0.3 is 34.5 Å². The molecule has 3 aliphatic heterocycles. The van der Waals surface area contributed by atoms with E-state index in [1.807, 2.05) is 6.07 Å². The molecule has 4 heterocycles. The summed E-state index contributed by atoms with van der Waals surface area (Å²) in [6.45, 7) is 4.50. The topological polar surface area (TPSA) is 135 Å². The number of hydrogen-bond acceptors (Lipinski definition) is 10. The molecule has 2 aromatic carbocycles. The van der Waals surface area contributed by atoms with E-state index >= 15 is 0 Å². The van der Waals surface area contributed by atoms with Gasteiger partial charge in [0, 0.05) is 11.6 Å². The Morgan fingerprint density at radius 3 is 2.59 bits per heavy atom. The van der Waals surface area contributed by atoms with Gasteiger partial charge >= 0.3 is 6.29 Å². The molecule has 6 rings (SSSR count). The van der Waals surface area contributed by atoms with Gasteiger partial charge in [0.25, 0.3) is 11.8 Å². The van der Waals surface area contributed by atoms with E-state index in [9.17, 15) is 18.4 Å². The maximum atomic E-state index is 13.9. The van der Waals surface area contributed by atoms with Crippen LogP contribution < -0.4 is 29.7 Å². The molecule has 2 fully saturated rings. The zero-order valence-corrected chi connectivity index (χ0v) is 23.1. The predicted molar refractivity (Wildman–Crippen MR) is 144 cm³/mol. The molecular formula is C27H25F2N5O6S. The molecule has 11 nitrogen and oxygen atoms in total. The van der Waals surface area contributed by atoms with Crippen LogP contribution in [0.2, 0.25) is 0 Å². The first-order chi connectivity index (χ1) is 19.5. The number of hydrogen-bond donors (Lipinski definition) is 2. The number of anilines is 2. The first kappa shape index (κ1) is 27.0. The van der Waals surface area contributed by atoms with Crippen LogP contribution in [0.3, 0.4) is 0 Å². The minimum Gasteiger partial charge on any atom is -0.496 e. The maximum Gasteiger partial charge on any atom is 0.586 e. The van der Waals surface area contributed by atoms with Gasteiger partial charge in [-0.15, -0.1) is 8.78 Å². The van der Waals surface area contributed by atoms with Gasteiger partial charge in [-0.1, -0.05) is 11.3 Å². The highest BCUT2D eigenvalue weighted by molar-refractivity contribution is 7.22. The van der Waals surface area contributed by atoms with Crippen LogP contribution in [0.15, 0.2) is 24.3 Å². The summed E-state index contributed by atoms with van der Waals surface area (Å²) in [6.07, 6.45) is -2.93. The van der Waals surface area contributed by atoms with Gasteiger partial charge in [0.1, 0.15) is 11.3 Å². The number of carbonyl (C=O) groups is 2. The monoisotopic (exact) mass is 585 g/mol. The summed E-state index contributed by atoms with van der Waals surface area (Å²) in [5.74, 6) is -1.81. The molecule has 14 heteroatoms. The number of amides is 2. The Bertz CT molecular complexity index is 1610. The highest BCUT2D eigenvalue weighted by Crippen LogP contribution is 2.45. The van der Waals surface area contributed by atoms with Gasteiger partial charge in [0.2, 0.25) is 0 Å². The number of methoxy groups -OCH3 is 1. The van der Waals surface area contributed by atoms with Crippen LogP contribution in [0.5, 0.6) is 17.2 Å². The predicted octanol–water partition coefficient (Wildman–Crippen LogP) is 4.28. The normalized spacial score (nSPS) is 20.2. The van der Waals surface area contributed by atoms with Gasteiger partial charge in [-0.05, 0) is 38.5 Å². The first-order valence-corrected chi connectivity index (χ1v) is 13.6. The second-order valence-corrected chi connectivity index (χ2v) is 11.6. The number of benzene rings is 2. The van der Waals surface area contributed by atoms with Gasteiger partial charge in [0.15, 0.2) is 16.6 Å². The van der Waals surface area contributed by atoms with Crippen molar-refractivity contribution in [1.82, 2.24) is 10.3 Å². The third-order valence-corrected chi connectivity index (χ3v) is 8.24. The van der Waals surface area contributed by atoms with Crippen molar-refractivity contribution >= 4 is 44.2 Å². The molecule has 2 unspecified atom stereocenters. The number of morpholine rings is 1. The van der Waals surface area contributed by atoms with Crippen LogP contribution in [0, 0.1) is 11.3 Å². The number of aromatic nitrogens is 1. The smallest absolute Gasteiger partial charge is 0.496 e. The fourth-order valence-electron chi connectivity index (χ4n) is 5.20. The molecule has 214 valence electrons. The van der Waals surface area contributed by atoms with E-state index in [0.29, 0.717) is 23.4 Å². The van der Waals surface area contributed by atoms with Crippen molar-refractivity contribution in [3.05, 3.63) is 35.4 Å². The summed E-state index contributed by atoms with van der Waals surface area (Å²) in [4.78, 5) is 34.0. The maximum absolute atomic E-state index is 13.9. The SMILES string of the molecule is COc1ccc2nc(N3C4COCC3C4)sc2c1C(=O)Nc1cc2c(cc1C(=O)NC(C)(C)CC#N)OC(F)(F)O2. The molecule has 1 aromatic heterocycles. The van der Waals surface area contributed by atoms with Crippen molar-refractivity contribution in [2.24, 2.45) is 0 Å². The van der Waals surface area contributed by atoms with Gasteiger partial charge in [-0.2, -0.15) is 5.26 Å². The molecule has 2 amide bonds. The van der Waals surface area contributed by atoms with Gasteiger partial charge in [-0.3, -0.25) is 9.59 Å². The van der Waals surface area contributed by atoms with Crippen molar-refractivity contribution in [2.75, 3.05) is 30.5 Å². The lowest BCUT2D eigenvalue weighted by atomic mass is 9.92. The Labute approximate surface area is 236 Å². The first-order valence-electron chi connectivity index (χ1n) is 12.8. The number of nitrogens with one attached hydrogen (secondary N) is 2. The minimum absolute atomic E-state index is 0.0131. The van der Waals surface area contributed by atoms with E-state index in [0.717, 1.165) is 23.7 Å². The molecular weight excluding hydrogens is 560 g/mol. The van der Waals surface area contributed by atoms with Crippen molar-refractivity contribution in [1.29, 1.82) is 5.26 Å². The number of rotatable bonds is 7. The second-order valence-electron chi connectivity index (χ2n) is 10.6. The third-order valence-electron chi connectivity index (χ3n) is 7.13. The van der Waals surface area contributed by atoms with E-state index in [-0.39, 0.29) is 52.6 Å². The number of alkyl halides is 2. The number of halogens is 2. The summed E-state index contributed by atoms with van der Waals surface area (Å²) in [6, 6.07) is 8.00. The van der Waals surface area contributed by atoms with E-state index in [2.05, 4.69) is 25.0 Å². The molecule has 0 saturated carbocycles. The zero-order valence-electron chi connectivity index (χ0n) is 22.2. The summed E-state index contributed by atoms with van der Waals surface area (Å²) in [7, 11) is 1.43. The highest BCUT2D eigenvalue weighted by atomic mass is 32.1. The number of fused-ring (bicyclic) bond motifs is 4. The molecule has 2 bridgehead atoms. The molecule has 2 N–H and O–H groups in total. The molecule has 2 saturated heterocycles. The highest BCUT2D eigenvalue weighted by Gasteiger charge is 2.45. The number of carbonyl (C=O) groups excluding carboxylic acids is 2. The Morgan fingerprint density at radius 1 is 1.22 bits per heavy atom. The Kier molecular flexibility index (Phi) is 6.39. The van der Waals surface area contributed by atoms with E-state index < -0.39 is 23.6 Å². The van der Waals surface area contributed by atoms with Crippen LogP contribution in [0.4, 0.5) is 19.6 Å². The molecule has 3 aliphatic rings. The second kappa shape index (κ2) is 9.71. The van der Waals surface area contributed by atoms with E-state index in [1.54, 1.807) is 26.0 Å². The molecule has 0 spiro atoms. The average molecular weight is 586 g/mol. The number of thiazole rings is 1. The van der Waals surface area contributed by atoms with Gasteiger partial charge in [0.05, 0.1) is 66.4 Å². The Hall–Kier alpha value is -4.22. The lowest BCUT2D eigenvalue weighted by Crippen LogP contribution is -2.64. The summed E-state index contributed by atoms with van der Waals surface area (Å²) in [5.41, 5.74) is -0.438. The molecule has 2 atom stereocenters. The lowest BCUT2D eigenvalue weighted by molar-refractivity contribution is -0.286. The summed E-state index contributed by atoms with van der Waals surface area (Å²) < 4.78 is 48.5. The van der Waals surface area contributed by atoms with Crippen LogP contribution in [-0.2, 0) is 4.74 Å². The Balaban J connectivity index is 1.37. The fraction of sp³-hybridized carbons (Fsp3) is 0.407. The number of nitriles is 1. The van der Waals surface area contributed by atoms with Crippen molar-refractivity contribution in [3.63, 3.8) is 0 Å². The van der Waals surface area contributed by atoms with Crippen LogP contribution in [0.1, 0.15) is 47.4 Å². The van der Waals surface area contributed by atoms with Crippen molar-refractivity contribution < 1.29 is 37.3 Å².